The number of carbonyl (C=O) groups is 1. The topological polar surface area (TPSA) is 38.8 Å². The van der Waals surface area contributed by atoms with Crippen molar-refractivity contribution in [3.63, 3.8) is 0 Å². The summed E-state index contributed by atoms with van der Waals surface area (Å²) in [5, 5.41) is 0. The maximum atomic E-state index is 14.0. The first-order valence-corrected chi connectivity index (χ1v) is 44.6. The molecule has 0 radical (unpaired) electrons. The number of Topliss-reactive ketones (excluding diaryl/α,β-unsaturated/α-hetero) is 1. The Morgan fingerprint density at radius 3 is 0.760 bits per heavy atom. The molecule has 0 saturated carbocycles. The Balaban J connectivity index is 0.000000184. The van der Waals surface area contributed by atoms with Gasteiger partial charge in [-0.15, -0.1) is 11.8 Å². The Morgan fingerprint density at radius 2 is 0.544 bits per heavy atom. The highest BCUT2D eigenvalue weighted by Gasteiger charge is 2.78. The molecule has 0 unspecified atom stereocenters. The number of ether oxygens (including phenoxy) is 2. The van der Waals surface area contributed by atoms with Crippen LogP contribution in [0.5, 0.6) is 11.5 Å². The molecule has 0 atom stereocenters. The van der Waals surface area contributed by atoms with Crippen molar-refractivity contribution in [2.24, 2.45) is 43.3 Å². The molecule has 6 aliphatic carbocycles. The molecule has 5 aromatic rings. The summed E-state index contributed by atoms with van der Waals surface area (Å²) in [5.41, 5.74) is 19.1. The lowest BCUT2D eigenvalue weighted by Gasteiger charge is -2.57. The van der Waals surface area contributed by atoms with Crippen LogP contribution in [0.25, 0.3) is 0 Å². The van der Waals surface area contributed by atoms with E-state index in [1.54, 1.807) is 38.8 Å². The number of benzene rings is 5. The molecule has 4 aliphatic heterocycles. The number of fused-ring (bicyclic) bond motifs is 8. The van der Waals surface area contributed by atoms with E-state index in [1.165, 1.54) is 83.9 Å². The van der Waals surface area contributed by atoms with Gasteiger partial charge in [0.25, 0.3) is 17.8 Å². The second-order valence-corrected chi connectivity index (χ2v) is 45.0. The minimum absolute atomic E-state index is 0.00440. The predicted octanol–water partition coefficient (Wildman–Crippen LogP) is 34.4. The first-order chi connectivity index (χ1) is 56.2. The Kier molecular flexibility index (Phi) is 27.0. The fourth-order valence-corrected chi connectivity index (χ4v) is 24.1. The van der Waals surface area contributed by atoms with Gasteiger partial charge in [-0.2, -0.15) is 26.3 Å². The quantitative estimate of drug-likeness (QED) is 0.124. The van der Waals surface area contributed by atoms with Gasteiger partial charge in [0.1, 0.15) is 11.5 Å². The highest BCUT2D eigenvalue weighted by atomic mass is 32.2. The lowest BCUT2D eigenvalue weighted by atomic mass is 9.48. The number of hydrogen-bond donors (Lipinski definition) is 0. The van der Waals surface area contributed by atoms with Crippen molar-refractivity contribution in [2.45, 2.75) is 350 Å². The monoisotopic (exact) mass is 1760 g/mol. The van der Waals surface area contributed by atoms with E-state index in [0.717, 1.165) is 36.5 Å². The molecule has 0 amide bonds. The lowest BCUT2D eigenvalue weighted by molar-refractivity contribution is -0.264. The first-order valence-electron chi connectivity index (χ1n) is 43.8. The molecule has 688 valence electrons. The van der Waals surface area contributed by atoms with E-state index in [9.17, 15) is 57.5 Å². The Bertz CT molecular complexity index is 4850. The minimum atomic E-state index is -5.31. The number of para-hydroxylation sites is 5. The van der Waals surface area contributed by atoms with Crippen LogP contribution in [0.2, 0.25) is 0 Å². The maximum absolute atomic E-state index is 14.0. The number of rotatable bonds is 1. The van der Waals surface area contributed by atoms with Crippen LogP contribution in [0.4, 0.5) is 69.7 Å². The number of alkyl halides is 12. The smallest absolute Gasteiger partial charge is 0.379 e. The SMILES string of the molecule is CC1=C(C)C(C)(C)C(=O)C1(C)C.CC1=C(C)C(C)(C)C(F)(F)C1(C)C.CC1=C(C)C(C)(C)C2(c3ccccc3N(c3ccccc3)c3ccccc32)C1(C)C.CC1=C(C)C(C)(C)C2(c3ccccc3Oc3ccccc32)C1(C)C.CC1=C(C)C(C)(C)OC1(C)C.CC1=C(C)C(C)(C)SC1(C)C.CC1=C(C)C(F)(F)C(F)(F)C1(F)F.CC1=C(C)C(F)(F)CC1(F)F. The summed E-state index contributed by atoms with van der Waals surface area (Å²) in [6.07, 6.45) is -1.36. The van der Waals surface area contributed by atoms with Gasteiger partial charge in [0.2, 0.25) is 0 Å². The van der Waals surface area contributed by atoms with Crippen molar-refractivity contribution < 1.29 is 67.0 Å². The highest BCUT2D eigenvalue weighted by Crippen LogP contribution is 2.75. The number of thioether (sulfide) groups is 1. The average Bonchev–Trinajstić information content (AvgIpc) is 1.50. The Morgan fingerprint density at radius 1 is 0.280 bits per heavy atom. The van der Waals surface area contributed by atoms with Crippen molar-refractivity contribution >= 4 is 34.6 Å². The van der Waals surface area contributed by atoms with Crippen molar-refractivity contribution in [3.8, 4) is 11.5 Å². The summed E-state index contributed by atoms with van der Waals surface area (Å²) >= 11 is 2.07. The summed E-state index contributed by atoms with van der Waals surface area (Å²) < 4.78 is 166. The van der Waals surface area contributed by atoms with Gasteiger partial charge in [-0.3, -0.25) is 4.79 Å². The zero-order valence-corrected chi connectivity index (χ0v) is 83.3. The van der Waals surface area contributed by atoms with Gasteiger partial charge in [0, 0.05) is 91.9 Å². The fraction of sp³-hybridized carbons (Fsp3) is 0.565. The van der Waals surface area contributed by atoms with Crippen LogP contribution >= 0.6 is 11.8 Å². The van der Waals surface area contributed by atoms with Crippen LogP contribution in [-0.4, -0.2) is 62.0 Å². The van der Waals surface area contributed by atoms with E-state index in [0.29, 0.717) is 29.1 Å². The van der Waals surface area contributed by atoms with Gasteiger partial charge < -0.3 is 14.4 Å². The predicted molar refractivity (Wildman–Crippen MR) is 497 cm³/mol. The number of ketones is 1. The molecule has 0 bridgehead atoms. The molecule has 15 rings (SSSR count). The number of nitrogens with zero attached hydrogens (tertiary/aromatic N) is 1. The van der Waals surface area contributed by atoms with Crippen LogP contribution in [0.3, 0.4) is 0 Å². The largest absolute Gasteiger partial charge is 0.457 e. The van der Waals surface area contributed by atoms with Crippen molar-refractivity contribution in [1.82, 2.24) is 0 Å². The first kappa shape index (κ1) is 103. The summed E-state index contributed by atoms with van der Waals surface area (Å²) in [7, 11) is 0. The van der Waals surface area contributed by atoms with E-state index in [-0.39, 0.29) is 54.5 Å². The number of carbonyl (C=O) groups excluding carboxylic acids is 1. The second kappa shape index (κ2) is 32.7. The molecule has 2 spiro atoms. The highest BCUT2D eigenvalue weighted by molar-refractivity contribution is 8.02. The van der Waals surface area contributed by atoms with E-state index < -0.39 is 75.1 Å². The Labute approximate surface area is 746 Å². The van der Waals surface area contributed by atoms with Crippen LogP contribution < -0.4 is 9.64 Å². The normalized spacial score (nSPS) is 25.2. The molecule has 0 N–H and O–H groups in total. The molecule has 17 heteroatoms. The second-order valence-electron chi connectivity index (χ2n) is 42.8. The third-order valence-corrected chi connectivity index (χ3v) is 34.9. The van der Waals surface area contributed by atoms with E-state index in [2.05, 4.69) is 324 Å². The molecule has 0 aromatic heterocycles. The van der Waals surface area contributed by atoms with Gasteiger partial charge in [0.15, 0.2) is 5.78 Å². The van der Waals surface area contributed by atoms with Gasteiger partial charge >= 0.3 is 17.8 Å². The van der Waals surface area contributed by atoms with Crippen molar-refractivity contribution in [2.75, 3.05) is 4.90 Å². The summed E-state index contributed by atoms with van der Waals surface area (Å²) in [6, 6.07) is 46.1. The average molecular weight is 1760 g/mol. The third kappa shape index (κ3) is 15.5. The number of halogens is 12. The molecular weight excluding hydrogens is 1620 g/mol. The van der Waals surface area contributed by atoms with Crippen LogP contribution in [0.1, 0.15) is 306 Å². The maximum Gasteiger partial charge on any atom is 0.379 e. The zero-order valence-electron chi connectivity index (χ0n) is 82.4. The van der Waals surface area contributed by atoms with Crippen molar-refractivity contribution in [3.05, 3.63) is 239 Å². The molecule has 4 nitrogen and oxygen atoms in total. The molecule has 125 heavy (non-hydrogen) atoms. The summed E-state index contributed by atoms with van der Waals surface area (Å²) in [4.78, 5) is 14.4. The molecule has 0 fully saturated rings. The van der Waals surface area contributed by atoms with Crippen LogP contribution in [-0.2, 0) is 20.4 Å². The standard InChI is InChI=1S/C29H31N.C23H26O.C11H18F2.C11H18O.C10H18O.C10H18S.C7H6F6.C7H8F4/c1-20-21(2)28(5,6)29(27(20,3)4)23-16-10-12-18-25(23)30(22-14-8-7-9-15-22)26-19-13-11-17-24(26)29;1-15-16(2)22(5,6)23(21(15,3)4)17-11-7-9-13-19(17)24-20-14-10-8-12-18(20)23;1-7-8(2)10(5,6)11(12,13)9(7,3)4;1-7-8(2)11(5,6)9(12)10(7,3)4;2*1-7-8(2)10(5,6)11-9(7,3)4;1-3-4(2)6(10,11)7(12,13)5(3,8)9;1-4-5(2)7(10,11)3-6(4,8)9/h7-19H,1-6H3;7-14H,1-6H3;1-6H3;1-6H3;2*1-6H3;1-2H3;3H2,1-2H3. The molecule has 0 saturated heterocycles. The number of allylic oxidation sites excluding steroid dienone is 12. The zero-order chi connectivity index (χ0) is 96.3. The number of anilines is 3. The van der Waals surface area contributed by atoms with E-state index in [1.807, 2.05) is 41.5 Å². The van der Waals surface area contributed by atoms with Gasteiger partial charge in [0.05, 0.1) is 39.8 Å². The molecule has 10 aliphatic rings. The fourth-order valence-electron chi connectivity index (χ4n) is 22.2. The third-order valence-electron chi connectivity index (χ3n) is 33.3. The lowest BCUT2D eigenvalue weighted by Crippen LogP contribution is -2.52. The molecule has 5 aromatic carbocycles. The summed E-state index contributed by atoms with van der Waals surface area (Å²) in [6.45, 7) is 80.9. The van der Waals surface area contributed by atoms with Gasteiger partial charge in [-0.1, -0.05) is 230 Å². The van der Waals surface area contributed by atoms with Crippen LogP contribution in [0, 0.1) is 43.3 Å². The molecular formula is C108H143F12NO3S. The van der Waals surface area contributed by atoms with Gasteiger partial charge in [-0.05, 0) is 253 Å². The number of hydrogen-bond acceptors (Lipinski definition) is 5. The molecule has 4 heterocycles. The summed E-state index contributed by atoms with van der Waals surface area (Å²) in [5.74, 6) is -21.7. The van der Waals surface area contributed by atoms with Crippen LogP contribution in [0.15, 0.2) is 217 Å². The van der Waals surface area contributed by atoms with Gasteiger partial charge in [-0.25, -0.2) is 26.3 Å². The Hall–Kier alpha value is -7.24. The minimum Gasteiger partial charge on any atom is -0.457 e. The van der Waals surface area contributed by atoms with Crippen molar-refractivity contribution in [1.29, 1.82) is 0 Å². The van der Waals surface area contributed by atoms with E-state index in [4.69, 9.17) is 9.47 Å². The van der Waals surface area contributed by atoms with E-state index >= 15 is 0 Å².